The molecule has 0 saturated carbocycles. The van der Waals surface area contributed by atoms with Crippen LogP contribution in [0.4, 0.5) is 0 Å². The van der Waals surface area contributed by atoms with Gasteiger partial charge in [-0.1, -0.05) is 51.4 Å². The third-order valence-electron chi connectivity index (χ3n) is 3.35. The molecule has 1 N–H and O–H groups in total. The number of allylic oxidation sites excluding steroid dienone is 1. The Labute approximate surface area is 94.4 Å². The molecule has 1 saturated heterocycles. The second-order valence-electron chi connectivity index (χ2n) is 4.97. The van der Waals surface area contributed by atoms with Gasteiger partial charge in [0.15, 0.2) is 0 Å². The highest BCUT2D eigenvalue weighted by Crippen LogP contribution is 2.36. The first-order valence-corrected chi connectivity index (χ1v) is 9.04. The molecule has 1 atom stereocenters. The van der Waals surface area contributed by atoms with Gasteiger partial charge in [-0.2, -0.15) is 0 Å². The van der Waals surface area contributed by atoms with Crippen LogP contribution < -0.4 is 0 Å². The van der Waals surface area contributed by atoms with E-state index in [0.29, 0.717) is 0 Å². The zero-order chi connectivity index (χ0) is 11.9. The molecule has 1 aliphatic heterocycles. The van der Waals surface area contributed by atoms with Crippen molar-refractivity contribution in [3.05, 3.63) is 12.2 Å². The number of carboxylic acid groups (broad SMARTS) is 1. The predicted octanol–water partition coefficient (Wildman–Crippen LogP) is 3.92. The molecule has 1 rings (SSSR count). The van der Waals surface area contributed by atoms with Crippen LogP contribution in [0.25, 0.3) is 0 Å². The van der Waals surface area contributed by atoms with Crippen molar-refractivity contribution in [2.75, 3.05) is 0 Å². The quantitative estimate of drug-likeness (QED) is 0.545. The van der Waals surface area contributed by atoms with Gasteiger partial charge in [0.05, 0.1) is 8.07 Å². The fourth-order valence-electron chi connectivity index (χ4n) is 1.81. The van der Waals surface area contributed by atoms with Gasteiger partial charge in [-0.25, -0.2) is 4.79 Å². The van der Waals surface area contributed by atoms with Gasteiger partial charge in [0.1, 0.15) is 0 Å². The maximum atomic E-state index is 9.51. The summed E-state index contributed by atoms with van der Waals surface area (Å²) in [6.07, 6.45) is 7.09. The highest BCUT2D eigenvalue weighted by atomic mass is 28.3. The minimum Gasteiger partial charge on any atom is -0.478 e. The number of carbonyl (C=O) groups is 1. The lowest BCUT2D eigenvalue weighted by atomic mass is 10.2. The van der Waals surface area contributed by atoms with E-state index in [0.717, 1.165) is 11.6 Å². The van der Waals surface area contributed by atoms with Gasteiger partial charge in [-0.05, 0) is 12.5 Å². The Morgan fingerprint density at radius 2 is 2.00 bits per heavy atom. The summed E-state index contributed by atoms with van der Waals surface area (Å²) < 4.78 is 0. The van der Waals surface area contributed by atoms with Gasteiger partial charge >= 0.3 is 5.97 Å². The lowest BCUT2D eigenvalue weighted by Crippen LogP contribution is -2.33. The molecule has 0 radical (unpaired) electrons. The van der Waals surface area contributed by atoms with Crippen LogP contribution in [0.1, 0.15) is 33.1 Å². The Hall–Kier alpha value is -0.573. The molecule has 1 unspecified atom stereocenters. The van der Waals surface area contributed by atoms with Gasteiger partial charge in [-0.3, -0.25) is 0 Å². The van der Waals surface area contributed by atoms with E-state index in [4.69, 9.17) is 5.11 Å². The van der Waals surface area contributed by atoms with Crippen LogP contribution in [0.5, 0.6) is 0 Å². The topological polar surface area (TPSA) is 37.3 Å². The molecular weight excluding hydrogens is 204 g/mol. The van der Waals surface area contributed by atoms with E-state index < -0.39 is 14.0 Å². The highest BCUT2D eigenvalue weighted by Gasteiger charge is 2.30. The average Bonchev–Trinajstić information content (AvgIpc) is 2.11. The third kappa shape index (κ3) is 6.50. The molecule has 0 bridgehead atoms. The molecule has 0 spiro atoms. The Balaban J connectivity index is 0.000000288. The summed E-state index contributed by atoms with van der Waals surface area (Å²) >= 11 is 0. The van der Waals surface area contributed by atoms with Crippen molar-refractivity contribution in [3.63, 3.8) is 0 Å². The Morgan fingerprint density at radius 3 is 2.20 bits per heavy atom. The monoisotopic (exact) mass is 228 g/mol. The molecular formula is C12H24O2Si. The number of rotatable bonds is 1. The first kappa shape index (κ1) is 14.4. The van der Waals surface area contributed by atoms with Gasteiger partial charge in [0.25, 0.3) is 0 Å². The van der Waals surface area contributed by atoms with Gasteiger partial charge in [0.2, 0.25) is 0 Å². The van der Waals surface area contributed by atoms with Crippen LogP contribution in [0.2, 0.25) is 24.7 Å². The van der Waals surface area contributed by atoms with Crippen molar-refractivity contribution in [2.45, 2.75) is 57.8 Å². The summed E-state index contributed by atoms with van der Waals surface area (Å²) in [5.74, 6) is -0.891. The van der Waals surface area contributed by atoms with Crippen molar-refractivity contribution in [2.24, 2.45) is 0 Å². The third-order valence-corrected chi connectivity index (χ3v) is 7.95. The maximum Gasteiger partial charge on any atom is 0.327 e. The van der Waals surface area contributed by atoms with Gasteiger partial charge in [-0.15, -0.1) is 0 Å². The predicted molar refractivity (Wildman–Crippen MR) is 68.0 cm³/mol. The Bertz CT molecular complexity index is 222. The largest absolute Gasteiger partial charge is 0.478 e. The summed E-state index contributed by atoms with van der Waals surface area (Å²) in [7, 11) is -0.694. The van der Waals surface area contributed by atoms with Crippen LogP contribution >= 0.6 is 0 Å². The molecule has 0 aromatic carbocycles. The van der Waals surface area contributed by atoms with Crippen LogP contribution in [0.3, 0.4) is 0 Å². The van der Waals surface area contributed by atoms with E-state index in [2.05, 4.69) is 20.0 Å². The first-order valence-electron chi connectivity index (χ1n) is 5.75. The Morgan fingerprint density at radius 1 is 1.40 bits per heavy atom. The van der Waals surface area contributed by atoms with E-state index in [-0.39, 0.29) is 0 Å². The molecule has 15 heavy (non-hydrogen) atoms. The maximum absolute atomic E-state index is 9.51. The smallest absolute Gasteiger partial charge is 0.327 e. The lowest BCUT2D eigenvalue weighted by molar-refractivity contribution is -0.131. The zero-order valence-electron chi connectivity index (χ0n) is 10.4. The normalized spacial score (nSPS) is 24.4. The fraction of sp³-hybridized carbons (Fsp3) is 0.750. The van der Waals surface area contributed by atoms with Crippen molar-refractivity contribution in [1.82, 2.24) is 0 Å². The van der Waals surface area contributed by atoms with Crippen LogP contribution in [-0.2, 0) is 4.79 Å². The number of hydrogen-bond donors (Lipinski definition) is 1. The second-order valence-corrected chi connectivity index (χ2v) is 10.4. The summed E-state index contributed by atoms with van der Waals surface area (Å²) in [5.41, 5.74) is 1.09. The fourth-order valence-corrected chi connectivity index (χ4v) is 4.45. The molecule has 0 aromatic heterocycles. The standard InChI is InChI=1S/C8H18Si.C4H6O2/c1-8-6-4-5-7-9(8,2)3;1-2-3-4(5)6/h8H,4-7H2,1-3H3;2-3H,1H3,(H,5,6). The van der Waals surface area contributed by atoms with Crippen molar-refractivity contribution >= 4 is 14.0 Å². The van der Waals surface area contributed by atoms with E-state index in [1.807, 2.05) is 0 Å². The van der Waals surface area contributed by atoms with Gasteiger partial charge < -0.3 is 5.11 Å². The van der Waals surface area contributed by atoms with E-state index in [1.165, 1.54) is 25.3 Å². The summed E-state index contributed by atoms with van der Waals surface area (Å²) in [6, 6.07) is 1.58. The number of aliphatic carboxylic acids is 1. The highest BCUT2D eigenvalue weighted by molar-refractivity contribution is 6.78. The molecule has 1 heterocycles. The molecule has 0 aromatic rings. The first-order chi connectivity index (χ1) is 6.90. The van der Waals surface area contributed by atoms with Crippen molar-refractivity contribution < 1.29 is 9.90 Å². The van der Waals surface area contributed by atoms with Crippen LogP contribution in [0, 0.1) is 0 Å². The van der Waals surface area contributed by atoms with Crippen molar-refractivity contribution in [3.8, 4) is 0 Å². The molecule has 1 fully saturated rings. The average molecular weight is 228 g/mol. The van der Waals surface area contributed by atoms with Crippen molar-refractivity contribution in [1.29, 1.82) is 0 Å². The summed E-state index contributed by atoms with van der Waals surface area (Å²) in [4.78, 5) is 9.51. The summed E-state index contributed by atoms with van der Waals surface area (Å²) in [5, 5.41) is 7.83. The van der Waals surface area contributed by atoms with Crippen LogP contribution in [-0.4, -0.2) is 19.1 Å². The minimum absolute atomic E-state index is 0.694. The Kier molecular flexibility index (Phi) is 6.57. The molecule has 88 valence electrons. The molecule has 0 amide bonds. The zero-order valence-corrected chi connectivity index (χ0v) is 11.4. The number of carboxylic acids is 1. The molecule has 2 nitrogen and oxygen atoms in total. The number of hydrogen-bond acceptors (Lipinski definition) is 1. The molecule has 3 heteroatoms. The van der Waals surface area contributed by atoms with Crippen LogP contribution in [0.15, 0.2) is 12.2 Å². The van der Waals surface area contributed by atoms with E-state index in [9.17, 15) is 4.79 Å². The van der Waals surface area contributed by atoms with Gasteiger partial charge in [0, 0.05) is 6.08 Å². The van der Waals surface area contributed by atoms with E-state index >= 15 is 0 Å². The minimum atomic E-state index is -0.891. The summed E-state index contributed by atoms with van der Waals surface area (Å²) in [6.45, 7) is 9.19. The lowest BCUT2D eigenvalue weighted by Gasteiger charge is -2.34. The second kappa shape index (κ2) is 6.83. The molecule has 0 aliphatic carbocycles. The van der Waals surface area contributed by atoms with E-state index in [1.54, 1.807) is 13.0 Å². The molecule has 1 aliphatic rings. The SMILES string of the molecule is CC1CCCC[Si]1(C)C.CC=CC(=O)O.